The summed E-state index contributed by atoms with van der Waals surface area (Å²) in [5, 5.41) is 2.94. The highest BCUT2D eigenvalue weighted by Crippen LogP contribution is 2.34. The van der Waals surface area contributed by atoms with E-state index in [-0.39, 0.29) is 12.4 Å². The summed E-state index contributed by atoms with van der Waals surface area (Å²) in [7, 11) is 0. The zero-order valence-electron chi connectivity index (χ0n) is 9.77. The molecule has 2 rings (SSSR count). The van der Waals surface area contributed by atoms with Gasteiger partial charge in [0.1, 0.15) is 16.2 Å². The number of hydrogen-bond donors (Lipinski definition) is 2. The van der Waals surface area contributed by atoms with Gasteiger partial charge in [-0.05, 0) is 19.1 Å². The molecule has 0 saturated heterocycles. The number of halogens is 1. The van der Waals surface area contributed by atoms with E-state index in [1.165, 1.54) is 23.9 Å². The number of hydrogen-bond acceptors (Lipinski definition) is 5. The summed E-state index contributed by atoms with van der Waals surface area (Å²) in [6.07, 6.45) is 0. The first-order valence-electron chi connectivity index (χ1n) is 5.48. The first-order chi connectivity index (χ1) is 8.61. The molecule has 1 aliphatic heterocycles. The van der Waals surface area contributed by atoms with Crippen molar-refractivity contribution in [1.82, 2.24) is 5.32 Å². The molecule has 0 aliphatic carbocycles. The van der Waals surface area contributed by atoms with Gasteiger partial charge in [0, 0.05) is 5.56 Å². The van der Waals surface area contributed by atoms with Crippen LogP contribution >= 0.6 is 11.8 Å². The number of thioether (sulfide) groups is 1. The minimum Gasteiger partial charge on any atom is -0.462 e. The number of rotatable bonds is 3. The minimum atomic E-state index is -0.442. The molecule has 0 bridgehead atoms. The van der Waals surface area contributed by atoms with Gasteiger partial charge >= 0.3 is 5.97 Å². The van der Waals surface area contributed by atoms with E-state index >= 15 is 0 Å². The maximum Gasteiger partial charge on any atom is 0.346 e. The Morgan fingerprint density at radius 2 is 2.39 bits per heavy atom. The molecule has 0 saturated carbocycles. The van der Waals surface area contributed by atoms with Crippen molar-refractivity contribution in [3.8, 4) is 0 Å². The van der Waals surface area contributed by atoms with Crippen molar-refractivity contribution < 1.29 is 13.9 Å². The van der Waals surface area contributed by atoms with Crippen LogP contribution in [0.25, 0.3) is 5.70 Å². The molecule has 1 atom stereocenters. The molecule has 1 heterocycles. The van der Waals surface area contributed by atoms with Gasteiger partial charge in [0.25, 0.3) is 0 Å². The van der Waals surface area contributed by atoms with Gasteiger partial charge in [-0.25, -0.2) is 9.18 Å². The highest BCUT2D eigenvalue weighted by Gasteiger charge is 2.28. The summed E-state index contributed by atoms with van der Waals surface area (Å²) in [5.41, 5.74) is 6.41. The summed E-state index contributed by atoms with van der Waals surface area (Å²) in [4.78, 5) is 12.2. The van der Waals surface area contributed by atoms with Crippen LogP contribution in [0, 0.1) is 5.82 Å². The predicted octanol–water partition coefficient (Wildman–Crippen LogP) is 1.64. The number of nitrogens with one attached hydrogen (secondary N) is 1. The lowest BCUT2D eigenvalue weighted by molar-refractivity contribution is -0.137. The van der Waals surface area contributed by atoms with Crippen molar-refractivity contribution >= 4 is 23.4 Å². The molecule has 1 aliphatic rings. The van der Waals surface area contributed by atoms with Gasteiger partial charge < -0.3 is 15.8 Å². The third kappa shape index (κ3) is 2.65. The Balaban J connectivity index is 2.37. The fraction of sp³-hybridized carbons (Fsp3) is 0.250. The molecule has 6 heteroatoms. The molecule has 0 fully saturated rings. The van der Waals surface area contributed by atoms with Crippen molar-refractivity contribution in [2.24, 2.45) is 5.73 Å². The smallest absolute Gasteiger partial charge is 0.346 e. The molecule has 1 aromatic carbocycles. The molecule has 4 nitrogen and oxygen atoms in total. The van der Waals surface area contributed by atoms with Crippen molar-refractivity contribution in [2.45, 2.75) is 12.4 Å². The lowest BCUT2D eigenvalue weighted by atomic mass is 10.1. The summed E-state index contributed by atoms with van der Waals surface area (Å²) in [6, 6.07) is 5.98. The van der Waals surface area contributed by atoms with E-state index in [0.29, 0.717) is 16.2 Å². The molecule has 1 unspecified atom stereocenters. The van der Waals surface area contributed by atoms with Crippen LogP contribution in [0.3, 0.4) is 0 Å². The molecule has 0 aromatic heterocycles. The lowest BCUT2D eigenvalue weighted by Crippen LogP contribution is -2.28. The maximum absolute atomic E-state index is 13.2. The lowest BCUT2D eigenvalue weighted by Gasteiger charge is -2.07. The van der Waals surface area contributed by atoms with Crippen LogP contribution in [-0.4, -0.2) is 18.1 Å². The van der Waals surface area contributed by atoms with E-state index < -0.39 is 11.5 Å². The van der Waals surface area contributed by atoms with Crippen LogP contribution < -0.4 is 11.1 Å². The van der Waals surface area contributed by atoms with Gasteiger partial charge in [0.15, 0.2) is 0 Å². The zero-order chi connectivity index (χ0) is 13.1. The minimum absolute atomic E-state index is 0.286. The normalized spacial score (nSPS) is 18.7. The van der Waals surface area contributed by atoms with Gasteiger partial charge in [0.05, 0.1) is 12.3 Å². The first kappa shape index (κ1) is 12.9. The van der Waals surface area contributed by atoms with Gasteiger partial charge in [-0.15, -0.1) is 0 Å². The van der Waals surface area contributed by atoms with Crippen LogP contribution in [0.4, 0.5) is 4.39 Å². The fourth-order valence-electron chi connectivity index (χ4n) is 1.63. The molecule has 18 heavy (non-hydrogen) atoms. The number of esters is 1. The number of carbonyl (C=O) groups excluding carboxylic acids is 1. The molecule has 0 spiro atoms. The molecule has 0 radical (unpaired) electrons. The standard InChI is InChI=1S/C12H13FN2O2S/c1-2-17-11(16)10-9(15-12(14)18-10)7-4-3-5-8(13)6-7/h3-6,12,15H,2,14H2,1H3. The molecular weight excluding hydrogens is 255 g/mol. The summed E-state index contributed by atoms with van der Waals surface area (Å²) in [6.45, 7) is 2.02. The third-order valence-corrected chi connectivity index (χ3v) is 3.31. The zero-order valence-corrected chi connectivity index (χ0v) is 10.6. The van der Waals surface area contributed by atoms with Crippen LogP contribution in [0.5, 0.6) is 0 Å². The number of benzene rings is 1. The van der Waals surface area contributed by atoms with Crippen LogP contribution in [0.15, 0.2) is 29.2 Å². The van der Waals surface area contributed by atoms with E-state index in [0.717, 1.165) is 0 Å². The molecular formula is C12H13FN2O2S. The monoisotopic (exact) mass is 268 g/mol. The molecule has 96 valence electrons. The van der Waals surface area contributed by atoms with Crippen LogP contribution in [0.2, 0.25) is 0 Å². The number of ether oxygens (including phenoxy) is 1. The highest BCUT2D eigenvalue weighted by atomic mass is 32.2. The Labute approximate surface area is 108 Å². The summed E-state index contributed by atoms with van der Waals surface area (Å²) >= 11 is 1.17. The predicted molar refractivity (Wildman–Crippen MR) is 68.7 cm³/mol. The van der Waals surface area contributed by atoms with Crippen molar-refractivity contribution in [3.05, 3.63) is 40.6 Å². The summed E-state index contributed by atoms with van der Waals surface area (Å²) < 4.78 is 18.1. The quantitative estimate of drug-likeness (QED) is 0.816. The average Bonchev–Trinajstić information content (AvgIpc) is 2.72. The molecule has 3 N–H and O–H groups in total. The second-order valence-electron chi connectivity index (χ2n) is 3.62. The van der Waals surface area contributed by atoms with Gasteiger partial charge in [-0.1, -0.05) is 23.9 Å². The fourth-order valence-corrected chi connectivity index (χ4v) is 2.51. The molecule has 0 amide bonds. The first-order valence-corrected chi connectivity index (χ1v) is 6.36. The topological polar surface area (TPSA) is 64.3 Å². The largest absolute Gasteiger partial charge is 0.462 e. The Morgan fingerprint density at radius 1 is 1.61 bits per heavy atom. The second-order valence-corrected chi connectivity index (χ2v) is 4.77. The Kier molecular flexibility index (Phi) is 3.88. The van der Waals surface area contributed by atoms with Gasteiger partial charge in [-0.2, -0.15) is 0 Å². The van der Waals surface area contributed by atoms with Crippen LogP contribution in [0.1, 0.15) is 12.5 Å². The van der Waals surface area contributed by atoms with Crippen LogP contribution in [-0.2, 0) is 9.53 Å². The second kappa shape index (κ2) is 5.41. The van der Waals surface area contributed by atoms with Crippen molar-refractivity contribution in [3.63, 3.8) is 0 Å². The van der Waals surface area contributed by atoms with E-state index in [1.807, 2.05) is 0 Å². The van der Waals surface area contributed by atoms with Crippen molar-refractivity contribution in [2.75, 3.05) is 6.61 Å². The Hall–Kier alpha value is -1.53. The number of nitrogens with two attached hydrogens (primary N) is 1. The highest BCUT2D eigenvalue weighted by molar-refractivity contribution is 8.05. The SMILES string of the molecule is CCOC(=O)C1=C(c2cccc(F)c2)NC(N)S1. The van der Waals surface area contributed by atoms with Gasteiger partial charge in [-0.3, -0.25) is 0 Å². The third-order valence-electron chi connectivity index (χ3n) is 2.33. The van der Waals surface area contributed by atoms with Gasteiger partial charge in [0.2, 0.25) is 0 Å². The van der Waals surface area contributed by atoms with Crippen molar-refractivity contribution in [1.29, 1.82) is 0 Å². The Bertz CT molecular complexity index is 505. The number of carbonyl (C=O) groups is 1. The van der Waals surface area contributed by atoms with E-state index in [2.05, 4.69) is 5.32 Å². The summed E-state index contributed by atoms with van der Waals surface area (Å²) in [5.74, 6) is -0.808. The van der Waals surface area contributed by atoms with E-state index in [4.69, 9.17) is 10.5 Å². The molecule has 1 aromatic rings. The maximum atomic E-state index is 13.2. The van der Waals surface area contributed by atoms with E-state index in [1.54, 1.807) is 19.1 Å². The van der Waals surface area contributed by atoms with E-state index in [9.17, 15) is 9.18 Å². The average molecular weight is 268 g/mol. The Morgan fingerprint density at radius 3 is 3.06 bits per heavy atom.